The first-order valence-electron chi connectivity index (χ1n) is 10.3. The molecular formula is C21H30N10. The summed E-state index contributed by atoms with van der Waals surface area (Å²) in [6.45, 7) is 4.57. The van der Waals surface area contributed by atoms with Gasteiger partial charge in [0, 0.05) is 78.0 Å². The Morgan fingerprint density at radius 3 is 1.23 bits per heavy atom. The topological polar surface area (TPSA) is 93.8 Å². The lowest BCUT2D eigenvalue weighted by Gasteiger charge is -2.19. The van der Waals surface area contributed by atoms with Crippen LogP contribution in [0.3, 0.4) is 0 Å². The van der Waals surface area contributed by atoms with Gasteiger partial charge in [-0.1, -0.05) is 0 Å². The van der Waals surface area contributed by atoms with E-state index in [-0.39, 0.29) is 0 Å². The SMILES string of the molecule is Cn1ccnc1C=NCCN(CCN=Cc1nccn1C)CCN=Cc1nccn1C. The number of imidazole rings is 3. The fraction of sp³-hybridized carbons (Fsp3) is 0.429. The van der Waals surface area contributed by atoms with Gasteiger partial charge in [0.15, 0.2) is 0 Å². The molecule has 0 aliphatic heterocycles. The standard InChI is InChI=1S/C21H30N10/c1-28-10-7-25-19(28)16-22-4-13-31(14-5-23-17-20-26-8-11-29(20)2)15-6-24-18-21-27-9-12-30(21)3/h7-12,16-18H,4-6,13-15H2,1-3H3. The van der Waals surface area contributed by atoms with Gasteiger partial charge in [0.25, 0.3) is 0 Å². The molecule has 3 aromatic heterocycles. The lowest BCUT2D eigenvalue weighted by Crippen LogP contribution is -2.31. The lowest BCUT2D eigenvalue weighted by atomic mass is 10.4. The maximum absolute atomic E-state index is 4.52. The van der Waals surface area contributed by atoms with Crippen molar-refractivity contribution in [3.63, 3.8) is 0 Å². The van der Waals surface area contributed by atoms with Crippen molar-refractivity contribution in [3.8, 4) is 0 Å². The molecule has 0 unspecified atom stereocenters. The fourth-order valence-electron chi connectivity index (χ4n) is 2.88. The molecule has 10 nitrogen and oxygen atoms in total. The summed E-state index contributed by atoms with van der Waals surface area (Å²) >= 11 is 0. The first-order chi connectivity index (χ1) is 15.1. The van der Waals surface area contributed by atoms with Crippen LogP contribution in [0.5, 0.6) is 0 Å². The van der Waals surface area contributed by atoms with Crippen molar-refractivity contribution >= 4 is 18.6 Å². The van der Waals surface area contributed by atoms with Crippen molar-refractivity contribution in [2.45, 2.75) is 0 Å². The third-order valence-corrected chi connectivity index (χ3v) is 4.83. The van der Waals surface area contributed by atoms with E-state index in [2.05, 4.69) is 34.8 Å². The largest absolute Gasteiger partial charge is 0.333 e. The van der Waals surface area contributed by atoms with Crippen LogP contribution in [0, 0.1) is 0 Å². The van der Waals surface area contributed by atoms with Gasteiger partial charge in [-0.15, -0.1) is 0 Å². The first-order valence-corrected chi connectivity index (χ1v) is 10.3. The lowest BCUT2D eigenvalue weighted by molar-refractivity contribution is 0.298. The molecule has 0 aliphatic rings. The van der Waals surface area contributed by atoms with E-state index in [1.54, 1.807) is 18.6 Å². The summed E-state index contributed by atoms with van der Waals surface area (Å²) in [6.07, 6.45) is 16.5. The van der Waals surface area contributed by atoms with Gasteiger partial charge in [0.2, 0.25) is 0 Å². The minimum Gasteiger partial charge on any atom is -0.333 e. The second-order valence-electron chi connectivity index (χ2n) is 7.14. The number of hydrogen-bond acceptors (Lipinski definition) is 7. The van der Waals surface area contributed by atoms with Crippen molar-refractivity contribution in [1.29, 1.82) is 0 Å². The zero-order valence-corrected chi connectivity index (χ0v) is 18.4. The van der Waals surface area contributed by atoms with E-state index in [1.165, 1.54) is 0 Å². The Kier molecular flexibility index (Phi) is 8.41. The van der Waals surface area contributed by atoms with Crippen LogP contribution in [0.1, 0.15) is 17.5 Å². The van der Waals surface area contributed by atoms with E-state index in [4.69, 9.17) is 0 Å². The average molecular weight is 423 g/mol. The molecule has 0 amide bonds. The van der Waals surface area contributed by atoms with Crippen LogP contribution < -0.4 is 0 Å². The molecule has 0 aromatic carbocycles. The molecule has 0 saturated carbocycles. The van der Waals surface area contributed by atoms with E-state index >= 15 is 0 Å². The summed E-state index contributed by atoms with van der Waals surface area (Å²) in [4.78, 5) is 28.7. The molecule has 0 spiro atoms. The second-order valence-corrected chi connectivity index (χ2v) is 7.14. The normalized spacial score (nSPS) is 12.4. The van der Waals surface area contributed by atoms with Gasteiger partial charge in [0.05, 0.1) is 38.3 Å². The molecule has 3 rings (SSSR count). The zero-order valence-electron chi connectivity index (χ0n) is 18.4. The molecule has 0 radical (unpaired) electrons. The Hall–Kier alpha value is -3.40. The Bertz CT molecular complexity index is 878. The molecule has 0 atom stereocenters. The van der Waals surface area contributed by atoms with Gasteiger partial charge in [-0.3, -0.25) is 19.9 Å². The van der Waals surface area contributed by atoms with Crippen LogP contribution in [-0.4, -0.2) is 91.5 Å². The zero-order chi connectivity index (χ0) is 21.9. The predicted octanol–water partition coefficient (Wildman–Crippen LogP) is 0.846. The molecule has 3 heterocycles. The Morgan fingerprint density at radius 1 is 0.645 bits per heavy atom. The maximum Gasteiger partial charge on any atom is 0.150 e. The Balaban J connectivity index is 1.49. The minimum atomic E-state index is 0.693. The summed E-state index contributed by atoms with van der Waals surface area (Å²) in [6, 6.07) is 0. The van der Waals surface area contributed by atoms with Gasteiger partial charge >= 0.3 is 0 Å². The monoisotopic (exact) mass is 422 g/mol. The molecule has 0 aliphatic carbocycles. The molecular weight excluding hydrogens is 392 g/mol. The summed E-state index contributed by atoms with van der Waals surface area (Å²) in [5.41, 5.74) is 0. The van der Waals surface area contributed by atoms with Gasteiger partial charge in [-0.2, -0.15) is 0 Å². The highest BCUT2D eigenvalue weighted by Gasteiger charge is 2.04. The van der Waals surface area contributed by atoms with Gasteiger partial charge in [-0.25, -0.2) is 15.0 Å². The second kappa shape index (κ2) is 11.7. The van der Waals surface area contributed by atoms with Crippen molar-refractivity contribution < 1.29 is 0 Å². The van der Waals surface area contributed by atoms with Crippen molar-refractivity contribution in [2.24, 2.45) is 36.1 Å². The highest BCUT2D eigenvalue weighted by molar-refractivity contribution is 5.75. The molecule has 0 N–H and O–H groups in total. The van der Waals surface area contributed by atoms with E-state index in [1.807, 2.05) is 72.1 Å². The maximum atomic E-state index is 4.52. The smallest absolute Gasteiger partial charge is 0.150 e. The number of aliphatic imine (C=N–C) groups is 3. The van der Waals surface area contributed by atoms with E-state index in [9.17, 15) is 0 Å². The molecule has 3 aromatic rings. The number of nitrogens with zero attached hydrogens (tertiary/aromatic N) is 10. The molecule has 0 fully saturated rings. The number of rotatable bonds is 12. The van der Waals surface area contributed by atoms with E-state index < -0.39 is 0 Å². The van der Waals surface area contributed by atoms with Crippen LogP contribution in [-0.2, 0) is 21.1 Å². The van der Waals surface area contributed by atoms with Crippen LogP contribution in [0.2, 0.25) is 0 Å². The third-order valence-electron chi connectivity index (χ3n) is 4.83. The van der Waals surface area contributed by atoms with Crippen LogP contribution in [0.25, 0.3) is 0 Å². The number of aromatic nitrogens is 6. The highest BCUT2D eigenvalue weighted by Crippen LogP contribution is 1.95. The Labute approximate surface area is 182 Å². The Morgan fingerprint density at radius 2 is 0.968 bits per heavy atom. The van der Waals surface area contributed by atoms with E-state index in [0.29, 0.717) is 19.6 Å². The van der Waals surface area contributed by atoms with E-state index in [0.717, 1.165) is 37.1 Å². The van der Waals surface area contributed by atoms with Crippen molar-refractivity contribution in [3.05, 3.63) is 54.7 Å². The number of aryl methyl sites for hydroxylation is 3. The van der Waals surface area contributed by atoms with Crippen molar-refractivity contribution in [1.82, 2.24) is 33.6 Å². The third kappa shape index (κ3) is 7.10. The molecule has 164 valence electrons. The van der Waals surface area contributed by atoms with Gasteiger partial charge in [0.1, 0.15) is 17.5 Å². The summed E-state index contributed by atoms with van der Waals surface area (Å²) in [7, 11) is 5.87. The van der Waals surface area contributed by atoms with Crippen molar-refractivity contribution in [2.75, 3.05) is 39.3 Å². The molecule has 31 heavy (non-hydrogen) atoms. The molecule has 0 saturated heterocycles. The number of hydrogen-bond donors (Lipinski definition) is 0. The van der Waals surface area contributed by atoms with Gasteiger partial charge in [-0.05, 0) is 0 Å². The molecule has 10 heteroatoms. The fourth-order valence-corrected chi connectivity index (χ4v) is 2.88. The highest BCUT2D eigenvalue weighted by atomic mass is 15.2. The first kappa shape index (κ1) is 22.3. The molecule has 0 bridgehead atoms. The average Bonchev–Trinajstić information content (AvgIpc) is 3.47. The quantitative estimate of drug-likeness (QED) is 0.404. The van der Waals surface area contributed by atoms with Crippen LogP contribution in [0.15, 0.2) is 52.2 Å². The summed E-state index contributed by atoms with van der Waals surface area (Å²) in [5.74, 6) is 2.56. The predicted molar refractivity (Wildman–Crippen MR) is 123 cm³/mol. The minimum absolute atomic E-state index is 0.693. The van der Waals surface area contributed by atoms with Gasteiger partial charge < -0.3 is 13.7 Å². The summed E-state index contributed by atoms with van der Waals surface area (Å²) < 4.78 is 5.83. The summed E-state index contributed by atoms with van der Waals surface area (Å²) in [5, 5.41) is 0. The van der Waals surface area contributed by atoms with Crippen LogP contribution in [0.4, 0.5) is 0 Å². The van der Waals surface area contributed by atoms with Crippen LogP contribution >= 0.6 is 0 Å².